The minimum absolute atomic E-state index is 0.0936. The number of carbonyl (C=O) groups is 3. The summed E-state index contributed by atoms with van der Waals surface area (Å²) in [4.78, 5) is 38.4. The first-order chi connectivity index (χ1) is 11.7. The largest absolute Gasteiger partial charge is 0.444 e. The third kappa shape index (κ3) is 3.83. The first-order valence-electron chi connectivity index (χ1n) is 8.68. The van der Waals surface area contributed by atoms with E-state index in [9.17, 15) is 14.4 Å². The average molecular weight is 344 g/mol. The number of imide groups is 1. The molecule has 2 aliphatic rings. The number of carbonyl (C=O) groups excluding carboxylic acids is 3. The van der Waals surface area contributed by atoms with Crippen LogP contribution < -0.4 is 5.32 Å². The third-order valence-corrected chi connectivity index (χ3v) is 4.59. The third-order valence-electron chi connectivity index (χ3n) is 4.59. The molecule has 6 nitrogen and oxygen atoms in total. The molecular formula is C19H24N2O4. The zero-order valence-electron chi connectivity index (χ0n) is 14.9. The second-order valence-electron chi connectivity index (χ2n) is 7.74. The molecule has 3 rings (SSSR count). The molecule has 0 spiro atoms. The highest BCUT2D eigenvalue weighted by Gasteiger charge is 2.39. The Balaban J connectivity index is 1.57. The van der Waals surface area contributed by atoms with Crippen LogP contribution in [0.2, 0.25) is 0 Å². The van der Waals surface area contributed by atoms with Crippen molar-refractivity contribution in [2.45, 2.75) is 58.2 Å². The van der Waals surface area contributed by atoms with Crippen molar-refractivity contribution in [3.05, 3.63) is 35.4 Å². The molecule has 0 bridgehead atoms. The molecular weight excluding hydrogens is 320 g/mol. The van der Waals surface area contributed by atoms with Crippen molar-refractivity contribution in [2.24, 2.45) is 5.92 Å². The molecule has 1 heterocycles. The summed E-state index contributed by atoms with van der Waals surface area (Å²) in [6, 6.07) is 7.22. The van der Waals surface area contributed by atoms with Gasteiger partial charge in [-0.05, 0) is 51.7 Å². The van der Waals surface area contributed by atoms with Gasteiger partial charge >= 0.3 is 6.09 Å². The topological polar surface area (TPSA) is 75.7 Å². The highest BCUT2D eigenvalue weighted by molar-refractivity contribution is 6.08. The molecule has 25 heavy (non-hydrogen) atoms. The molecule has 1 aromatic carbocycles. The summed E-state index contributed by atoms with van der Waals surface area (Å²) in [6.45, 7) is 5.77. The summed E-state index contributed by atoms with van der Waals surface area (Å²) in [5.41, 5.74) is 0.950. The van der Waals surface area contributed by atoms with E-state index in [2.05, 4.69) is 5.32 Å². The average Bonchev–Trinajstić information content (AvgIpc) is 3.10. The number of alkyl carbamates (subject to hydrolysis) is 1. The SMILES string of the molecule is CC(C)(C)OC(=O)NC1CCC(C(=O)N2Cc3ccccc3C2=O)C1. The summed E-state index contributed by atoms with van der Waals surface area (Å²) in [6.07, 6.45) is 1.46. The second-order valence-corrected chi connectivity index (χ2v) is 7.74. The Morgan fingerprint density at radius 2 is 1.92 bits per heavy atom. The number of nitrogens with one attached hydrogen (secondary N) is 1. The van der Waals surface area contributed by atoms with Crippen LogP contribution in [0.25, 0.3) is 0 Å². The number of hydrogen-bond donors (Lipinski definition) is 1. The Kier molecular flexibility index (Phi) is 4.54. The Labute approximate surface area is 147 Å². The lowest BCUT2D eigenvalue weighted by Gasteiger charge is -2.22. The second kappa shape index (κ2) is 6.50. The fourth-order valence-corrected chi connectivity index (χ4v) is 3.46. The molecule has 1 N–H and O–H groups in total. The summed E-state index contributed by atoms with van der Waals surface area (Å²) < 4.78 is 5.25. The van der Waals surface area contributed by atoms with Gasteiger partial charge in [-0.25, -0.2) is 4.79 Å². The van der Waals surface area contributed by atoms with Crippen LogP contribution >= 0.6 is 0 Å². The van der Waals surface area contributed by atoms with Crippen LogP contribution in [0.5, 0.6) is 0 Å². The minimum atomic E-state index is -0.550. The van der Waals surface area contributed by atoms with E-state index in [-0.39, 0.29) is 23.8 Å². The van der Waals surface area contributed by atoms with E-state index in [1.165, 1.54) is 4.90 Å². The normalized spacial score (nSPS) is 22.7. The summed E-state index contributed by atoms with van der Waals surface area (Å²) >= 11 is 0. The highest BCUT2D eigenvalue weighted by atomic mass is 16.6. The van der Waals surface area contributed by atoms with Crippen molar-refractivity contribution in [1.29, 1.82) is 0 Å². The molecule has 1 aromatic rings. The number of benzene rings is 1. The molecule has 2 atom stereocenters. The van der Waals surface area contributed by atoms with Crippen molar-refractivity contribution < 1.29 is 19.1 Å². The van der Waals surface area contributed by atoms with Crippen molar-refractivity contribution in [1.82, 2.24) is 10.2 Å². The van der Waals surface area contributed by atoms with Crippen LogP contribution in [0, 0.1) is 5.92 Å². The van der Waals surface area contributed by atoms with E-state index in [0.717, 1.165) is 5.56 Å². The Bertz CT molecular complexity index is 708. The molecule has 2 unspecified atom stereocenters. The first-order valence-corrected chi connectivity index (χ1v) is 8.68. The lowest BCUT2D eigenvalue weighted by atomic mass is 10.1. The zero-order valence-corrected chi connectivity index (χ0v) is 14.9. The molecule has 1 aliphatic heterocycles. The Morgan fingerprint density at radius 1 is 1.20 bits per heavy atom. The molecule has 3 amide bonds. The smallest absolute Gasteiger partial charge is 0.407 e. The van der Waals surface area contributed by atoms with Gasteiger partial charge < -0.3 is 10.1 Å². The van der Waals surface area contributed by atoms with Gasteiger partial charge in [0, 0.05) is 17.5 Å². The van der Waals surface area contributed by atoms with E-state index >= 15 is 0 Å². The lowest BCUT2D eigenvalue weighted by molar-refractivity contribution is -0.132. The highest BCUT2D eigenvalue weighted by Crippen LogP contribution is 2.31. The van der Waals surface area contributed by atoms with Crippen LogP contribution in [0.15, 0.2) is 24.3 Å². The molecule has 6 heteroatoms. The van der Waals surface area contributed by atoms with Gasteiger partial charge in [-0.15, -0.1) is 0 Å². The fourth-order valence-electron chi connectivity index (χ4n) is 3.46. The molecule has 1 fully saturated rings. The molecule has 134 valence electrons. The minimum Gasteiger partial charge on any atom is -0.444 e. The van der Waals surface area contributed by atoms with Crippen LogP contribution in [0.3, 0.4) is 0 Å². The maximum Gasteiger partial charge on any atom is 0.407 e. The maximum atomic E-state index is 12.7. The quantitative estimate of drug-likeness (QED) is 0.837. The predicted molar refractivity (Wildman–Crippen MR) is 91.8 cm³/mol. The van der Waals surface area contributed by atoms with Crippen LogP contribution in [-0.4, -0.2) is 34.5 Å². The number of fused-ring (bicyclic) bond motifs is 1. The number of hydrogen-bond acceptors (Lipinski definition) is 4. The number of rotatable bonds is 2. The van der Waals surface area contributed by atoms with Gasteiger partial charge in [-0.2, -0.15) is 0 Å². The van der Waals surface area contributed by atoms with Gasteiger partial charge in [0.2, 0.25) is 5.91 Å². The first kappa shape index (κ1) is 17.5. The van der Waals surface area contributed by atoms with E-state index in [4.69, 9.17) is 4.74 Å². The fraction of sp³-hybridized carbons (Fsp3) is 0.526. The van der Waals surface area contributed by atoms with Crippen molar-refractivity contribution >= 4 is 17.9 Å². The van der Waals surface area contributed by atoms with Crippen molar-refractivity contribution in [2.75, 3.05) is 0 Å². The van der Waals surface area contributed by atoms with E-state index in [0.29, 0.717) is 31.4 Å². The number of amides is 3. The van der Waals surface area contributed by atoms with E-state index < -0.39 is 11.7 Å². The summed E-state index contributed by atoms with van der Waals surface area (Å²) in [7, 11) is 0. The van der Waals surface area contributed by atoms with E-state index in [1.807, 2.05) is 32.9 Å². The lowest BCUT2D eigenvalue weighted by Crippen LogP contribution is -2.39. The Morgan fingerprint density at radius 3 is 2.60 bits per heavy atom. The maximum absolute atomic E-state index is 12.7. The van der Waals surface area contributed by atoms with Crippen LogP contribution in [0.1, 0.15) is 56.0 Å². The van der Waals surface area contributed by atoms with Gasteiger partial charge in [-0.3, -0.25) is 14.5 Å². The van der Waals surface area contributed by atoms with Crippen molar-refractivity contribution in [3.8, 4) is 0 Å². The standard InChI is InChI=1S/C19H24N2O4/c1-19(2,3)25-18(24)20-14-9-8-12(10-14)16(22)21-11-13-6-4-5-7-15(13)17(21)23/h4-7,12,14H,8-11H2,1-3H3,(H,20,24). The van der Waals surface area contributed by atoms with Crippen LogP contribution in [-0.2, 0) is 16.1 Å². The zero-order chi connectivity index (χ0) is 18.2. The van der Waals surface area contributed by atoms with Gasteiger partial charge in [0.1, 0.15) is 5.60 Å². The molecule has 0 saturated heterocycles. The summed E-state index contributed by atoms with van der Waals surface area (Å²) in [5.74, 6) is -0.600. The number of nitrogens with zero attached hydrogens (tertiary/aromatic N) is 1. The van der Waals surface area contributed by atoms with Gasteiger partial charge in [0.15, 0.2) is 0 Å². The summed E-state index contributed by atoms with van der Waals surface area (Å²) in [5, 5.41) is 2.82. The van der Waals surface area contributed by atoms with Gasteiger partial charge in [0.05, 0.1) is 6.54 Å². The van der Waals surface area contributed by atoms with Gasteiger partial charge in [-0.1, -0.05) is 18.2 Å². The number of ether oxygens (including phenoxy) is 1. The van der Waals surface area contributed by atoms with Gasteiger partial charge in [0.25, 0.3) is 5.91 Å². The molecule has 0 radical (unpaired) electrons. The van der Waals surface area contributed by atoms with Crippen LogP contribution in [0.4, 0.5) is 4.79 Å². The Hall–Kier alpha value is -2.37. The monoisotopic (exact) mass is 344 g/mol. The molecule has 1 saturated carbocycles. The van der Waals surface area contributed by atoms with E-state index in [1.54, 1.807) is 12.1 Å². The molecule has 0 aromatic heterocycles. The molecule has 1 aliphatic carbocycles. The predicted octanol–water partition coefficient (Wildman–Crippen LogP) is 2.86. The van der Waals surface area contributed by atoms with Crippen molar-refractivity contribution in [3.63, 3.8) is 0 Å².